The van der Waals surface area contributed by atoms with Gasteiger partial charge in [0.25, 0.3) is 0 Å². The van der Waals surface area contributed by atoms with Crippen molar-refractivity contribution in [3.8, 4) is 5.75 Å². The van der Waals surface area contributed by atoms with E-state index in [2.05, 4.69) is 11.8 Å². The van der Waals surface area contributed by atoms with E-state index in [1.807, 2.05) is 38.4 Å². The average Bonchev–Trinajstić information content (AvgIpc) is 2.42. The van der Waals surface area contributed by atoms with Crippen LogP contribution in [0.1, 0.15) is 18.1 Å². The highest BCUT2D eigenvalue weighted by Gasteiger charge is 2.12. The Morgan fingerprint density at radius 3 is 2.22 bits per heavy atom. The van der Waals surface area contributed by atoms with Crippen molar-refractivity contribution in [2.45, 2.75) is 6.92 Å². The van der Waals surface area contributed by atoms with Gasteiger partial charge in [-0.25, -0.2) is 0 Å². The van der Waals surface area contributed by atoms with E-state index in [-0.39, 0.29) is 18.2 Å². The highest BCUT2D eigenvalue weighted by atomic mass is 35.5. The van der Waals surface area contributed by atoms with Crippen molar-refractivity contribution in [3.63, 3.8) is 0 Å². The number of phenolic OH excluding ortho intramolecular Hbond substituents is 1. The Hall–Kier alpha value is -1.19. The van der Waals surface area contributed by atoms with Crippen LogP contribution in [0.4, 0.5) is 0 Å². The zero-order valence-corrected chi connectivity index (χ0v) is 15.6. The molecule has 0 spiro atoms. The Balaban J connectivity index is 0.00000264. The summed E-state index contributed by atoms with van der Waals surface area (Å²) < 4.78 is 0. The van der Waals surface area contributed by atoms with Gasteiger partial charge in [-0.1, -0.05) is 47.0 Å². The largest absolute Gasteiger partial charge is 0.508 e. The van der Waals surface area contributed by atoms with Gasteiger partial charge in [0, 0.05) is 6.54 Å². The van der Waals surface area contributed by atoms with E-state index in [1.165, 1.54) is 5.57 Å². The number of hydrogen-bond acceptors (Lipinski definition) is 2. The van der Waals surface area contributed by atoms with E-state index >= 15 is 0 Å². The molecule has 0 atom stereocenters. The third-order valence-electron chi connectivity index (χ3n) is 3.32. The maximum absolute atomic E-state index is 9.79. The predicted molar refractivity (Wildman–Crippen MR) is 102 cm³/mol. The van der Waals surface area contributed by atoms with Gasteiger partial charge in [-0.05, 0) is 62.0 Å². The van der Waals surface area contributed by atoms with E-state index in [9.17, 15) is 5.11 Å². The number of hydrogen-bond donors (Lipinski definition) is 1. The standard InChI is InChI=1S/C18H19Cl2NO.ClH/c1-12(11-21(2)3)18(13-5-4-6-15(22)9-13)14-7-8-16(19)17(20)10-14;/h4-10,22H,11H2,1-3H3;1H/b18-12+;. The molecule has 0 aliphatic carbocycles. The number of halogens is 3. The molecule has 2 aromatic carbocycles. The van der Waals surface area contributed by atoms with Gasteiger partial charge in [-0.15, -0.1) is 12.4 Å². The van der Waals surface area contributed by atoms with Gasteiger partial charge in [-0.2, -0.15) is 0 Å². The fraction of sp³-hybridized carbons (Fsp3) is 0.222. The first kappa shape index (κ1) is 19.9. The van der Waals surface area contributed by atoms with E-state index in [0.717, 1.165) is 23.2 Å². The third kappa shape index (κ3) is 5.15. The molecule has 0 amide bonds. The summed E-state index contributed by atoms with van der Waals surface area (Å²) in [6.07, 6.45) is 0. The third-order valence-corrected chi connectivity index (χ3v) is 4.06. The number of likely N-dealkylation sites (N-methyl/N-ethyl adjacent to an activating group) is 1. The Morgan fingerprint density at radius 2 is 1.65 bits per heavy atom. The van der Waals surface area contributed by atoms with Crippen LogP contribution in [0.5, 0.6) is 5.75 Å². The molecule has 2 nitrogen and oxygen atoms in total. The Labute approximate surface area is 153 Å². The minimum Gasteiger partial charge on any atom is -0.508 e. The fourth-order valence-electron chi connectivity index (χ4n) is 2.53. The molecule has 0 aromatic heterocycles. The van der Waals surface area contributed by atoms with Crippen molar-refractivity contribution >= 4 is 41.2 Å². The normalized spacial score (nSPS) is 11.9. The smallest absolute Gasteiger partial charge is 0.116 e. The highest BCUT2D eigenvalue weighted by molar-refractivity contribution is 6.42. The highest BCUT2D eigenvalue weighted by Crippen LogP contribution is 2.33. The lowest BCUT2D eigenvalue weighted by Crippen LogP contribution is -2.15. The summed E-state index contributed by atoms with van der Waals surface area (Å²) in [6, 6.07) is 12.9. The van der Waals surface area contributed by atoms with Crippen molar-refractivity contribution < 1.29 is 5.11 Å². The molecule has 2 aromatic rings. The molecular formula is C18H20Cl3NO. The van der Waals surface area contributed by atoms with E-state index < -0.39 is 0 Å². The summed E-state index contributed by atoms with van der Waals surface area (Å²) in [5, 5.41) is 10.8. The lowest BCUT2D eigenvalue weighted by molar-refractivity contribution is 0.446. The Morgan fingerprint density at radius 1 is 1.00 bits per heavy atom. The van der Waals surface area contributed by atoms with Crippen molar-refractivity contribution in [2.24, 2.45) is 0 Å². The van der Waals surface area contributed by atoms with Crippen LogP contribution in [0.15, 0.2) is 48.0 Å². The summed E-state index contributed by atoms with van der Waals surface area (Å²) >= 11 is 12.2. The molecule has 0 heterocycles. The predicted octanol–water partition coefficient (Wildman–Crippen LogP) is 5.50. The first-order chi connectivity index (χ1) is 10.4. The molecule has 2 rings (SSSR count). The van der Waals surface area contributed by atoms with E-state index in [4.69, 9.17) is 23.2 Å². The SMILES string of the molecule is C/C(CN(C)C)=C(/c1cccc(O)c1)c1ccc(Cl)c(Cl)c1.Cl. The second-order valence-electron chi connectivity index (χ2n) is 5.57. The lowest BCUT2D eigenvalue weighted by atomic mass is 9.93. The van der Waals surface area contributed by atoms with Gasteiger partial charge >= 0.3 is 0 Å². The van der Waals surface area contributed by atoms with Gasteiger partial charge in [0.15, 0.2) is 0 Å². The molecule has 0 aliphatic rings. The molecule has 0 saturated carbocycles. The second-order valence-corrected chi connectivity index (χ2v) is 6.39. The van der Waals surface area contributed by atoms with Crippen LogP contribution in [-0.2, 0) is 0 Å². The molecule has 1 N–H and O–H groups in total. The molecule has 5 heteroatoms. The Kier molecular flexibility index (Phi) is 7.43. The van der Waals surface area contributed by atoms with Crippen molar-refractivity contribution in [3.05, 3.63) is 69.2 Å². The second kappa shape index (κ2) is 8.60. The molecule has 23 heavy (non-hydrogen) atoms. The monoisotopic (exact) mass is 371 g/mol. The maximum Gasteiger partial charge on any atom is 0.116 e. The summed E-state index contributed by atoms with van der Waals surface area (Å²) in [7, 11) is 4.05. The summed E-state index contributed by atoms with van der Waals surface area (Å²) in [6.45, 7) is 2.90. The number of aromatic hydroxyl groups is 1. The zero-order chi connectivity index (χ0) is 16.3. The van der Waals surface area contributed by atoms with Gasteiger partial charge in [0.1, 0.15) is 5.75 Å². The lowest BCUT2D eigenvalue weighted by Gasteiger charge is -2.17. The van der Waals surface area contributed by atoms with Crippen LogP contribution >= 0.6 is 35.6 Å². The molecule has 0 unspecified atom stereocenters. The molecular weight excluding hydrogens is 353 g/mol. The van der Waals surface area contributed by atoms with Crippen LogP contribution in [-0.4, -0.2) is 30.6 Å². The Bertz CT molecular complexity index is 711. The van der Waals surface area contributed by atoms with Crippen molar-refractivity contribution in [1.29, 1.82) is 0 Å². The molecule has 0 radical (unpaired) electrons. The topological polar surface area (TPSA) is 23.5 Å². The number of rotatable bonds is 4. The summed E-state index contributed by atoms with van der Waals surface area (Å²) in [4.78, 5) is 2.11. The fourth-order valence-corrected chi connectivity index (χ4v) is 2.82. The van der Waals surface area contributed by atoms with E-state index in [0.29, 0.717) is 10.0 Å². The van der Waals surface area contributed by atoms with Crippen molar-refractivity contribution in [2.75, 3.05) is 20.6 Å². The minimum absolute atomic E-state index is 0. The molecule has 0 saturated heterocycles. The van der Waals surface area contributed by atoms with Gasteiger partial charge < -0.3 is 10.0 Å². The van der Waals surface area contributed by atoms with Gasteiger partial charge in [0.05, 0.1) is 10.0 Å². The van der Waals surface area contributed by atoms with E-state index in [1.54, 1.807) is 18.2 Å². The average molecular weight is 373 g/mol. The number of benzene rings is 2. The molecule has 124 valence electrons. The maximum atomic E-state index is 9.79. The van der Waals surface area contributed by atoms with Crippen LogP contribution in [0.25, 0.3) is 5.57 Å². The molecule has 0 fully saturated rings. The summed E-state index contributed by atoms with van der Waals surface area (Å²) in [5.74, 6) is 0.243. The first-order valence-electron chi connectivity index (χ1n) is 6.98. The minimum atomic E-state index is 0. The number of phenols is 1. The molecule has 0 bridgehead atoms. The van der Waals surface area contributed by atoms with Crippen molar-refractivity contribution in [1.82, 2.24) is 4.90 Å². The first-order valence-corrected chi connectivity index (χ1v) is 7.73. The summed E-state index contributed by atoms with van der Waals surface area (Å²) in [5.41, 5.74) is 4.19. The van der Waals surface area contributed by atoms with Gasteiger partial charge in [0.2, 0.25) is 0 Å². The van der Waals surface area contributed by atoms with Crippen LogP contribution in [0.3, 0.4) is 0 Å². The quantitative estimate of drug-likeness (QED) is 0.765. The van der Waals surface area contributed by atoms with Crippen LogP contribution in [0.2, 0.25) is 10.0 Å². The van der Waals surface area contributed by atoms with Crippen LogP contribution in [0, 0.1) is 0 Å². The number of nitrogens with zero attached hydrogens (tertiary/aromatic N) is 1. The zero-order valence-electron chi connectivity index (χ0n) is 13.3. The molecule has 0 aliphatic heterocycles. The van der Waals surface area contributed by atoms with Gasteiger partial charge in [-0.3, -0.25) is 0 Å². The van der Waals surface area contributed by atoms with Crippen LogP contribution < -0.4 is 0 Å².